The molecule has 35 heavy (non-hydrogen) atoms. The topological polar surface area (TPSA) is 0 Å². The predicted molar refractivity (Wildman–Crippen MR) is 136 cm³/mol. The third kappa shape index (κ3) is 6.61. The van der Waals surface area contributed by atoms with Crippen LogP contribution in [0.2, 0.25) is 5.02 Å². The summed E-state index contributed by atoms with van der Waals surface area (Å²) in [5.74, 6) is -0.999. The molecule has 2 saturated carbocycles. The molecular formula is C30H37ClF4. The molecule has 2 aromatic carbocycles. The van der Waals surface area contributed by atoms with Crippen molar-refractivity contribution in [1.82, 2.24) is 0 Å². The summed E-state index contributed by atoms with van der Waals surface area (Å²) in [6.45, 7) is 2.27. The summed E-state index contributed by atoms with van der Waals surface area (Å²) in [5.41, 5.74) is 0.0397. The average Bonchev–Trinajstić information content (AvgIpc) is 2.85. The van der Waals surface area contributed by atoms with E-state index in [1.54, 1.807) is 0 Å². The maximum atomic E-state index is 14.9. The van der Waals surface area contributed by atoms with Gasteiger partial charge in [-0.2, -0.15) is 0 Å². The van der Waals surface area contributed by atoms with Gasteiger partial charge in [-0.3, -0.25) is 0 Å². The van der Waals surface area contributed by atoms with Crippen molar-refractivity contribution >= 4 is 11.6 Å². The van der Waals surface area contributed by atoms with Gasteiger partial charge in [0.15, 0.2) is 0 Å². The lowest BCUT2D eigenvalue weighted by atomic mass is 9.74. The first kappa shape index (κ1) is 26.5. The fourth-order valence-corrected chi connectivity index (χ4v) is 6.47. The van der Waals surface area contributed by atoms with Gasteiger partial charge >= 0.3 is 0 Å². The first-order valence-electron chi connectivity index (χ1n) is 13.5. The molecule has 0 nitrogen and oxygen atoms in total. The van der Waals surface area contributed by atoms with E-state index in [4.69, 9.17) is 11.6 Å². The van der Waals surface area contributed by atoms with Gasteiger partial charge in [0.05, 0.1) is 5.56 Å². The van der Waals surface area contributed by atoms with Crippen LogP contribution < -0.4 is 0 Å². The first-order valence-corrected chi connectivity index (χ1v) is 13.9. The second-order valence-electron chi connectivity index (χ2n) is 10.9. The van der Waals surface area contributed by atoms with E-state index in [-0.39, 0.29) is 11.5 Å². The highest BCUT2D eigenvalue weighted by Gasteiger charge is 2.27. The third-order valence-electron chi connectivity index (χ3n) is 8.57. The fraction of sp³-hybridized carbons (Fsp3) is 0.600. The molecule has 0 N–H and O–H groups in total. The van der Waals surface area contributed by atoms with Crippen molar-refractivity contribution in [3.63, 3.8) is 0 Å². The highest BCUT2D eigenvalue weighted by molar-refractivity contribution is 6.31. The van der Waals surface area contributed by atoms with Gasteiger partial charge in [0.25, 0.3) is 0 Å². The lowest BCUT2D eigenvalue weighted by Gasteiger charge is -2.32. The van der Waals surface area contributed by atoms with Gasteiger partial charge in [-0.25, -0.2) is 17.6 Å². The molecule has 0 radical (unpaired) electrons. The molecule has 192 valence electrons. The molecule has 4 rings (SSSR count). The summed E-state index contributed by atoms with van der Waals surface area (Å²) in [5, 5.41) is -0.678. The number of rotatable bonds is 8. The van der Waals surface area contributed by atoms with Crippen molar-refractivity contribution in [2.45, 2.75) is 96.3 Å². The van der Waals surface area contributed by atoms with Crippen molar-refractivity contribution in [2.75, 3.05) is 0 Å². The summed E-state index contributed by atoms with van der Waals surface area (Å²) < 4.78 is 57.4. The Morgan fingerprint density at radius 2 is 1.11 bits per heavy atom. The van der Waals surface area contributed by atoms with E-state index in [2.05, 4.69) is 6.92 Å². The van der Waals surface area contributed by atoms with Gasteiger partial charge in [-0.15, -0.1) is 0 Å². The van der Waals surface area contributed by atoms with Gasteiger partial charge in [0, 0.05) is 0 Å². The fourth-order valence-electron chi connectivity index (χ4n) is 6.36. The van der Waals surface area contributed by atoms with Crippen molar-refractivity contribution in [3.8, 4) is 11.1 Å². The predicted octanol–water partition coefficient (Wildman–Crippen LogP) is 10.6. The molecule has 0 spiro atoms. The summed E-state index contributed by atoms with van der Waals surface area (Å²) in [7, 11) is 0. The molecule has 0 unspecified atom stereocenters. The van der Waals surface area contributed by atoms with Crippen LogP contribution in [0, 0.1) is 41.0 Å². The highest BCUT2D eigenvalue weighted by Crippen LogP contribution is 2.41. The molecular weight excluding hydrogens is 472 g/mol. The van der Waals surface area contributed by atoms with E-state index >= 15 is 0 Å². The van der Waals surface area contributed by atoms with Crippen molar-refractivity contribution in [3.05, 3.63) is 58.1 Å². The van der Waals surface area contributed by atoms with Crippen molar-refractivity contribution < 1.29 is 17.6 Å². The van der Waals surface area contributed by atoms with Gasteiger partial charge in [-0.1, -0.05) is 76.3 Å². The van der Waals surface area contributed by atoms with Gasteiger partial charge in [0.2, 0.25) is 0 Å². The zero-order valence-electron chi connectivity index (χ0n) is 20.7. The Kier molecular flexibility index (Phi) is 9.18. The minimum atomic E-state index is -1.03. The van der Waals surface area contributed by atoms with E-state index in [9.17, 15) is 17.6 Å². The van der Waals surface area contributed by atoms with Crippen LogP contribution in [0.25, 0.3) is 11.1 Å². The minimum absolute atomic E-state index is 0.122. The average molecular weight is 509 g/mol. The van der Waals surface area contributed by atoms with Crippen molar-refractivity contribution in [2.24, 2.45) is 17.8 Å². The number of halogens is 5. The summed E-state index contributed by atoms with van der Waals surface area (Å²) >= 11 is 5.51. The molecule has 0 bridgehead atoms. The first-order chi connectivity index (χ1) is 16.9. The van der Waals surface area contributed by atoms with Crippen LogP contribution in [0.5, 0.6) is 0 Å². The number of unbranched alkanes of at least 4 members (excludes halogenated alkanes) is 1. The third-order valence-corrected chi connectivity index (χ3v) is 8.93. The molecule has 5 heteroatoms. The Hall–Kier alpha value is -1.55. The highest BCUT2D eigenvalue weighted by atomic mass is 35.5. The van der Waals surface area contributed by atoms with Crippen LogP contribution in [0.15, 0.2) is 24.3 Å². The number of benzene rings is 2. The van der Waals surface area contributed by atoms with Crippen LogP contribution in [0.4, 0.5) is 17.6 Å². The molecule has 2 aliphatic rings. The Bertz CT molecular complexity index is 942. The van der Waals surface area contributed by atoms with E-state index in [0.717, 1.165) is 49.7 Å². The Morgan fingerprint density at radius 3 is 1.60 bits per heavy atom. The molecule has 2 fully saturated rings. The summed E-state index contributed by atoms with van der Waals surface area (Å²) in [4.78, 5) is 0. The van der Waals surface area contributed by atoms with Crippen LogP contribution in [0.1, 0.15) is 102 Å². The zero-order valence-corrected chi connectivity index (χ0v) is 21.5. The maximum Gasteiger partial charge on any atom is 0.145 e. The Balaban J connectivity index is 1.30. The van der Waals surface area contributed by atoms with Crippen LogP contribution >= 0.6 is 11.6 Å². The maximum absolute atomic E-state index is 14.9. The number of hydrogen-bond acceptors (Lipinski definition) is 0. The van der Waals surface area contributed by atoms with Crippen LogP contribution in [-0.2, 0) is 0 Å². The van der Waals surface area contributed by atoms with E-state index in [1.807, 2.05) is 0 Å². The van der Waals surface area contributed by atoms with E-state index in [0.29, 0.717) is 11.5 Å². The smallest absolute Gasteiger partial charge is 0.145 e. The molecule has 0 amide bonds. The van der Waals surface area contributed by atoms with Crippen LogP contribution in [0.3, 0.4) is 0 Å². The quantitative estimate of drug-likeness (QED) is 0.245. The molecule has 0 aliphatic heterocycles. The monoisotopic (exact) mass is 508 g/mol. The van der Waals surface area contributed by atoms with Gasteiger partial charge in [-0.05, 0) is 84.7 Å². The molecule has 2 aromatic rings. The molecule has 0 heterocycles. The normalized spacial score (nSPS) is 25.1. The van der Waals surface area contributed by atoms with Crippen LogP contribution in [-0.4, -0.2) is 0 Å². The van der Waals surface area contributed by atoms with E-state index in [1.165, 1.54) is 69.9 Å². The molecule has 0 aromatic heterocycles. The molecule has 0 saturated heterocycles. The lowest BCUT2D eigenvalue weighted by molar-refractivity contribution is 0.222. The van der Waals surface area contributed by atoms with Gasteiger partial charge in [0.1, 0.15) is 28.3 Å². The standard InChI is InChI=1S/C30H37ClF4/c1-2-3-4-19-5-7-20(8-6-19)9-10-21-11-13-22(14-12-21)23-15-25(32)29(26(33)16-23)24-17-27(34)30(31)28(35)18-24/h15-22H,2-14H2,1H3/t19-,20-,21?,22?. The van der Waals surface area contributed by atoms with Gasteiger partial charge < -0.3 is 0 Å². The molecule has 0 atom stereocenters. The second-order valence-corrected chi connectivity index (χ2v) is 11.3. The molecule has 2 aliphatic carbocycles. The Morgan fingerprint density at radius 1 is 0.657 bits per heavy atom. The minimum Gasteiger partial charge on any atom is -0.206 e. The van der Waals surface area contributed by atoms with E-state index < -0.39 is 33.9 Å². The summed E-state index contributed by atoms with van der Waals surface area (Å²) in [6.07, 6.45) is 16.3. The second kappa shape index (κ2) is 12.1. The Labute approximate surface area is 212 Å². The summed E-state index contributed by atoms with van der Waals surface area (Å²) in [6, 6.07) is 4.42. The largest absolute Gasteiger partial charge is 0.206 e. The lowest BCUT2D eigenvalue weighted by Crippen LogP contribution is -2.18. The SMILES string of the molecule is CCCC[C@H]1CC[C@H](CCC2CCC(c3cc(F)c(-c4cc(F)c(Cl)c(F)c4)c(F)c3)CC2)CC1. The zero-order chi connectivity index (χ0) is 24.9. The van der Waals surface area contributed by atoms with Crippen molar-refractivity contribution in [1.29, 1.82) is 0 Å². The number of hydrogen-bond donors (Lipinski definition) is 0.